The molecule has 0 unspecified atom stereocenters. The Morgan fingerprint density at radius 1 is 1.16 bits per heavy atom. The van der Waals surface area contributed by atoms with Crippen molar-refractivity contribution in [3.63, 3.8) is 0 Å². The summed E-state index contributed by atoms with van der Waals surface area (Å²) in [5.74, 6) is 0.524. The number of nitrogens with one attached hydrogen (secondary N) is 1. The van der Waals surface area contributed by atoms with E-state index >= 15 is 0 Å². The zero-order chi connectivity index (χ0) is 22.0. The van der Waals surface area contributed by atoms with Crippen LogP contribution < -0.4 is 5.32 Å². The molecule has 8 heteroatoms. The average molecular weight is 433 g/mol. The smallest absolute Gasteiger partial charge is 0.280 e. The molecule has 1 aromatic heterocycles. The van der Waals surface area contributed by atoms with Gasteiger partial charge in [-0.05, 0) is 66.6 Å². The van der Waals surface area contributed by atoms with Crippen LogP contribution in [0.5, 0.6) is 0 Å². The van der Waals surface area contributed by atoms with E-state index in [2.05, 4.69) is 17.2 Å². The van der Waals surface area contributed by atoms with Crippen molar-refractivity contribution >= 4 is 40.3 Å². The van der Waals surface area contributed by atoms with Crippen LogP contribution in [0.15, 0.2) is 68.9 Å². The first-order valence-corrected chi connectivity index (χ1v) is 10.5. The van der Waals surface area contributed by atoms with Crippen molar-refractivity contribution in [1.29, 1.82) is 0 Å². The highest BCUT2D eigenvalue weighted by atomic mass is 32.2. The number of carbonyl (C=O) groups excluding carboxylic acids is 1. The number of benzene rings is 2. The summed E-state index contributed by atoms with van der Waals surface area (Å²) in [6, 6.07) is 16.1. The van der Waals surface area contributed by atoms with Gasteiger partial charge in [0.05, 0.1) is 21.1 Å². The van der Waals surface area contributed by atoms with Crippen molar-refractivity contribution in [3.8, 4) is 11.3 Å². The van der Waals surface area contributed by atoms with E-state index in [9.17, 15) is 14.9 Å². The summed E-state index contributed by atoms with van der Waals surface area (Å²) in [4.78, 5) is 28.2. The van der Waals surface area contributed by atoms with Crippen LogP contribution in [0.3, 0.4) is 0 Å². The van der Waals surface area contributed by atoms with E-state index in [0.717, 1.165) is 17.7 Å². The van der Waals surface area contributed by atoms with Gasteiger partial charge in [0.1, 0.15) is 11.5 Å². The van der Waals surface area contributed by atoms with Crippen LogP contribution in [0.1, 0.15) is 23.8 Å². The molecule has 0 spiro atoms. The molecule has 0 bridgehead atoms. The maximum atomic E-state index is 12.3. The molecule has 1 aliphatic rings. The van der Waals surface area contributed by atoms with Crippen LogP contribution in [-0.4, -0.2) is 16.0 Å². The normalized spacial score (nSPS) is 16.1. The van der Waals surface area contributed by atoms with Gasteiger partial charge in [-0.3, -0.25) is 14.9 Å². The Kier molecular flexibility index (Phi) is 5.73. The topological polar surface area (TPSA) is 97.7 Å². The highest BCUT2D eigenvalue weighted by molar-refractivity contribution is 8.18. The van der Waals surface area contributed by atoms with Gasteiger partial charge in [-0.1, -0.05) is 25.1 Å². The molecule has 1 aliphatic heterocycles. The van der Waals surface area contributed by atoms with Gasteiger partial charge in [-0.25, -0.2) is 4.99 Å². The Morgan fingerprint density at radius 3 is 2.65 bits per heavy atom. The molecule has 1 saturated heterocycles. The molecule has 0 radical (unpaired) electrons. The molecule has 1 N–H and O–H groups in total. The third-order valence-electron chi connectivity index (χ3n) is 4.74. The number of aryl methyl sites for hydroxylation is 2. The minimum atomic E-state index is -0.432. The number of amides is 1. The molecule has 2 aromatic carbocycles. The highest BCUT2D eigenvalue weighted by Gasteiger charge is 2.25. The first kappa shape index (κ1) is 20.6. The first-order valence-electron chi connectivity index (χ1n) is 9.66. The van der Waals surface area contributed by atoms with Gasteiger partial charge >= 0.3 is 0 Å². The molecule has 156 valence electrons. The lowest BCUT2D eigenvalue weighted by atomic mass is 10.1. The highest BCUT2D eigenvalue weighted by Crippen LogP contribution is 2.34. The third-order valence-corrected chi connectivity index (χ3v) is 5.65. The number of aliphatic imine (C=N–C) groups is 1. The largest absolute Gasteiger partial charge is 0.456 e. The molecule has 0 aliphatic carbocycles. The van der Waals surface area contributed by atoms with E-state index in [1.807, 2.05) is 24.3 Å². The molecule has 0 atom stereocenters. The fourth-order valence-corrected chi connectivity index (χ4v) is 3.93. The second-order valence-electron chi connectivity index (χ2n) is 6.98. The maximum absolute atomic E-state index is 12.3. The molecule has 1 amide bonds. The standard InChI is InChI=1S/C23H19N3O4S/c1-3-15-5-7-16(8-6-15)24-23-25-22(27)21(31-23)13-17-9-11-20(30-17)18-10-4-14(2)12-19(18)26(28)29/h4-13H,3H2,1-2H3,(H,24,25,27). The summed E-state index contributed by atoms with van der Waals surface area (Å²) < 4.78 is 5.78. The van der Waals surface area contributed by atoms with E-state index in [1.165, 1.54) is 23.4 Å². The average Bonchev–Trinajstić information content (AvgIpc) is 3.35. The predicted molar refractivity (Wildman–Crippen MR) is 122 cm³/mol. The predicted octanol–water partition coefficient (Wildman–Crippen LogP) is 5.62. The lowest BCUT2D eigenvalue weighted by Crippen LogP contribution is -2.19. The molecule has 0 saturated carbocycles. The Bertz CT molecular complexity index is 1230. The van der Waals surface area contributed by atoms with E-state index < -0.39 is 4.92 Å². The molecule has 2 heterocycles. The molecular formula is C23H19N3O4S. The van der Waals surface area contributed by atoms with E-state index in [4.69, 9.17) is 4.42 Å². The van der Waals surface area contributed by atoms with Gasteiger partial charge in [0.2, 0.25) is 0 Å². The van der Waals surface area contributed by atoms with Crippen molar-refractivity contribution < 1.29 is 14.1 Å². The van der Waals surface area contributed by atoms with Crippen molar-refractivity contribution in [3.05, 3.63) is 86.5 Å². The van der Waals surface area contributed by atoms with Gasteiger partial charge in [0.15, 0.2) is 5.17 Å². The van der Waals surface area contributed by atoms with Gasteiger partial charge in [-0.2, -0.15) is 0 Å². The number of rotatable bonds is 5. The van der Waals surface area contributed by atoms with Crippen molar-refractivity contribution in [2.45, 2.75) is 20.3 Å². The van der Waals surface area contributed by atoms with Gasteiger partial charge < -0.3 is 9.73 Å². The second kappa shape index (κ2) is 8.61. The van der Waals surface area contributed by atoms with Crippen LogP contribution in [0, 0.1) is 17.0 Å². The fourth-order valence-electron chi connectivity index (χ4n) is 3.11. The molecule has 1 fully saturated rings. The summed E-state index contributed by atoms with van der Waals surface area (Å²) in [5.41, 5.74) is 3.13. The summed E-state index contributed by atoms with van der Waals surface area (Å²) in [6.45, 7) is 3.88. The number of carbonyl (C=O) groups is 1. The molecule has 31 heavy (non-hydrogen) atoms. The van der Waals surface area contributed by atoms with Crippen LogP contribution in [0.25, 0.3) is 17.4 Å². The van der Waals surface area contributed by atoms with E-state index in [1.54, 1.807) is 37.3 Å². The van der Waals surface area contributed by atoms with Crippen LogP contribution in [-0.2, 0) is 11.2 Å². The lowest BCUT2D eigenvalue weighted by molar-refractivity contribution is -0.384. The monoisotopic (exact) mass is 433 g/mol. The number of nitrogens with zero attached hydrogens (tertiary/aromatic N) is 2. The van der Waals surface area contributed by atoms with Gasteiger partial charge in [0.25, 0.3) is 11.6 Å². The van der Waals surface area contributed by atoms with Crippen molar-refractivity contribution in [1.82, 2.24) is 5.32 Å². The Balaban J connectivity index is 1.56. The minimum Gasteiger partial charge on any atom is -0.456 e. The van der Waals surface area contributed by atoms with Gasteiger partial charge in [0, 0.05) is 12.1 Å². The number of amidine groups is 1. The molecule has 7 nitrogen and oxygen atoms in total. The zero-order valence-electron chi connectivity index (χ0n) is 16.9. The first-order chi connectivity index (χ1) is 14.9. The quantitative estimate of drug-likeness (QED) is 0.320. The van der Waals surface area contributed by atoms with Gasteiger partial charge in [-0.15, -0.1) is 0 Å². The number of nitro benzene ring substituents is 1. The second-order valence-corrected chi connectivity index (χ2v) is 8.01. The number of nitro groups is 1. The van der Waals surface area contributed by atoms with Crippen LogP contribution in [0.2, 0.25) is 0 Å². The lowest BCUT2D eigenvalue weighted by Gasteiger charge is -2.01. The zero-order valence-corrected chi connectivity index (χ0v) is 17.7. The Hall–Kier alpha value is -3.65. The number of hydrogen-bond donors (Lipinski definition) is 1. The SMILES string of the molecule is CCc1ccc(N=C2NC(=O)C(=Cc3ccc(-c4ccc(C)cc4[N+](=O)[O-])o3)S2)cc1. The Morgan fingerprint density at radius 2 is 1.94 bits per heavy atom. The number of hydrogen-bond acceptors (Lipinski definition) is 6. The molecular weight excluding hydrogens is 414 g/mol. The summed E-state index contributed by atoms with van der Waals surface area (Å²) in [7, 11) is 0. The van der Waals surface area contributed by atoms with Crippen LogP contribution >= 0.6 is 11.8 Å². The fraction of sp³-hybridized carbons (Fsp3) is 0.130. The van der Waals surface area contributed by atoms with Crippen LogP contribution in [0.4, 0.5) is 11.4 Å². The third kappa shape index (κ3) is 4.59. The van der Waals surface area contributed by atoms with E-state index in [0.29, 0.717) is 27.2 Å². The molecule has 3 aromatic rings. The van der Waals surface area contributed by atoms with Crippen molar-refractivity contribution in [2.24, 2.45) is 4.99 Å². The summed E-state index contributed by atoms with van der Waals surface area (Å²) in [6.07, 6.45) is 2.55. The Labute approximate surface area is 183 Å². The number of furan rings is 1. The summed E-state index contributed by atoms with van der Waals surface area (Å²) in [5, 5.41) is 14.6. The summed E-state index contributed by atoms with van der Waals surface area (Å²) >= 11 is 1.22. The maximum Gasteiger partial charge on any atom is 0.280 e. The van der Waals surface area contributed by atoms with Crippen molar-refractivity contribution in [2.75, 3.05) is 0 Å². The number of thioether (sulfide) groups is 1. The molecule has 4 rings (SSSR count). The van der Waals surface area contributed by atoms with E-state index in [-0.39, 0.29) is 11.6 Å². The minimum absolute atomic E-state index is 0.0231.